The number of hydrogen-bond acceptors (Lipinski definition) is 11. The summed E-state index contributed by atoms with van der Waals surface area (Å²) < 4.78 is 32.7. The molecule has 5 aliphatic rings. The van der Waals surface area contributed by atoms with E-state index in [1.54, 1.807) is 18.0 Å². The molecule has 1 aromatic rings. The molecule has 12 heteroatoms. The monoisotopic (exact) mass is 866 g/mol. The first-order valence-corrected chi connectivity index (χ1v) is 24.5. The molecule has 62 heavy (non-hydrogen) atoms. The van der Waals surface area contributed by atoms with Crippen molar-refractivity contribution in [3.05, 3.63) is 48.1 Å². The number of fused-ring (bicyclic) bond motifs is 2. The fourth-order valence-corrected chi connectivity index (χ4v) is 10.3. The third kappa shape index (κ3) is 13.0. The van der Waals surface area contributed by atoms with Crippen LogP contribution in [0, 0.1) is 17.8 Å². The van der Waals surface area contributed by atoms with Crippen LogP contribution >= 0.6 is 0 Å². The molecule has 3 heterocycles. The summed E-state index contributed by atoms with van der Waals surface area (Å²) in [4.78, 5) is 24.5. The molecule has 1 saturated carbocycles. The van der Waals surface area contributed by atoms with Gasteiger partial charge in [-0.15, -0.1) is 6.58 Å². The molecule has 1 amide bonds. The number of allylic oxidation sites excluding steroid dienone is 1. The molecule has 348 valence electrons. The first-order chi connectivity index (χ1) is 30.4. The Kier molecular flexibility index (Phi) is 19.8. The third-order valence-corrected chi connectivity index (χ3v) is 13.8. The van der Waals surface area contributed by atoms with Crippen LogP contribution in [0.2, 0.25) is 0 Å². The van der Waals surface area contributed by atoms with E-state index in [4.69, 9.17) is 33.7 Å². The van der Waals surface area contributed by atoms with E-state index in [2.05, 4.69) is 30.5 Å². The summed E-state index contributed by atoms with van der Waals surface area (Å²) in [7, 11) is 1.79. The lowest BCUT2D eigenvalue weighted by Crippen LogP contribution is -2.69. The predicted octanol–water partition coefficient (Wildman–Crippen LogP) is 9.53. The van der Waals surface area contributed by atoms with Crippen LogP contribution in [0.5, 0.6) is 11.5 Å². The molecule has 7 unspecified atom stereocenters. The van der Waals surface area contributed by atoms with Crippen LogP contribution in [-0.2, 0) is 19.0 Å². The maximum absolute atomic E-state index is 14.2. The highest BCUT2D eigenvalue weighted by Crippen LogP contribution is 2.62. The van der Waals surface area contributed by atoms with Gasteiger partial charge in [-0.25, -0.2) is 4.79 Å². The van der Waals surface area contributed by atoms with Gasteiger partial charge in [0.1, 0.15) is 24.1 Å². The number of likely N-dealkylation sites (N-methyl/N-ethyl adjacent to an activating group) is 1. The SMILES string of the molecule is C=CCOC12Oc3ccc(OCCN4CC4)cc3C3C(CCCCO)C(CCCCO)C=C(C(=NOC4CCCCO4)CC1N(C)C(=O)OCCCCCCCCCCCC)C32. The van der Waals surface area contributed by atoms with Gasteiger partial charge < -0.3 is 43.6 Å². The number of aliphatic hydroxyl groups is 2. The van der Waals surface area contributed by atoms with Crippen molar-refractivity contribution in [2.45, 2.75) is 159 Å². The Morgan fingerprint density at radius 1 is 0.968 bits per heavy atom. The van der Waals surface area contributed by atoms with E-state index in [0.717, 1.165) is 113 Å². The lowest BCUT2D eigenvalue weighted by atomic mass is 9.55. The minimum atomic E-state index is -1.32. The largest absolute Gasteiger partial charge is 0.492 e. The van der Waals surface area contributed by atoms with E-state index >= 15 is 0 Å². The number of carbonyl (C=O) groups is 1. The first-order valence-electron chi connectivity index (χ1n) is 24.5. The number of nitrogens with zero attached hydrogens (tertiary/aromatic N) is 3. The molecule has 0 bridgehead atoms. The Morgan fingerprint density at radius 2 is 1.71 bits per heavy atom. The van der Waals surface area contributed by atoms with E-state index in [1.165, 1.54) is 44.9 Å². The van der Waals surface area contributed by atoms with E-state index in [0.29, 0.717) is 38.4 Å². The predicted molar refractivity (Wildman–Crippen MR) is 243 cm³/mol. The summed E-state index contributed by atoms with van der Waals surface area (Å²) in [5.74, 6) is -0.0529. The first kappa shape index (κ1) is 48.3. The van der Waals surface area contributed by atoms with Crippen molar-refractivity contribution in [1.29, 1.82) is 0 Å². The van der Waals surface area contributed by atoms with Crippen molar-refractivity contribution >= 4 is 11.8 Å². The minimum Gasteiger partial charge on any atom is -0.492 e. The Balaban J connectivity index is 1.34. The van der Waals surface area contributed by atoms with Crippen molar-refractivity contribution < 1.29 is 43.5 Å². The van der Waals surface area contributed by atoms with Crippen LogP contribution in [-0.4, -0.2) is 116 Å². The molecule has 7 atom stereocenters. The summed E-state index contributed by atoms with van der Waals surface area (Å²) in [5, 5.41) is 24.8. The van der Waals surface area contributed by atoms with Gasteiger partial charge in [0.2, 0.25) is 12.1 Å². The van der Waals surface area contributed by atoms with Crippen LogP contribution in [0.15, 0.2) is 47.7 Å². The van der Waals surface area contributed by atoms with Crippen molar-refractivity contribution in [3.63, 3.8) is 0 Å². The number of rotatable bonds is 29. The maximum atomic E-state index is 14.2. The van der Waals surface area contributed by atoms with Gasteiger partial charge in [-0.3, -0.25) is 4.90 Å². The number of oxime groups is 1. The molecule has 0 spiro atoms. The lowest BCUT2D eigenvalue weighted by Gasteiger charge is -2.59. The second-order valence-electron chi connectivity index (χ2n) is 18.3. The zero-order chi connectivity index (χ0) is 43.6. The number of ether oxygens (including phenoxy) is 5. The molecule has 12 nitrogen and oxygen atoms in total. The molecule has 6 rings (SSSR count). The number of hydrogen-bond donors (Lipinski definition) is 2. The van der Waals surface area contributed by atoms with Crippen molar-refractivity contribution in [2.75, 3.05) is 66.3 Å². The van der Waals surface area contributed by atoms with E-state index in [9.17, 15) is 15.0 Å². The quantitative estimate of drug-likeness (QED) is 0.0348. The highest BCUT2D eigenvalue weighted by Gasteiger charge is 2.65. The van der Waals surface area contributed by atoms with Gasteiger partial charge in [-0.2, -0.15) is 0 Å². The summed E-state index contributed by atoms with van der Waals surface area (Å²) in [6, 6.07) is 5.51. The number of unbranched alkanes of at least 4 members (excludes halogenated alkanes) is 11. The minimum absolute atomic E-state index is 0.118. The highest BCUT2D eigenvalue weighted by atomic mass is 16.8. The molecule has 0 radical (unpaired) electrons. The molecular formula is C50H79N3O9. The van der Waals surface area contributed by atoms with Gasteiger partial charge in [-0.05, 0) is 80.6 Å². The summed E-state index contributed by atoms with van der Waals surface area (Å²) in [6.07, 6.45) is 23.2. The number of carbonyl (C=O) groups excluding carboxylic acids is 1. The van der Waals surface area contributed by atoms with Gasteiger partial charge in [0, 0.05) is 64.2 Å². The van der Waals surface area contributed by atoms with Crippen LogP contribution in [0.4, 0.5) is 4.79 Å². The molecule has 2 N–H and O–H groups in total. The number of aliphatic hydroxyl groups excluding tert-OH is 2. The molecular weight excluding hydrogens is 787 g/mol. The third-order valence-electron chi connectivity index (χ3n) is 13.8. The van der Waals surface area contributed by atoms with E-state index in [-0.39, 0.29) is 43.5 Å². The lowest BCUT2D eigenvalue weighted by molar-refractivity contribution is -0.254. The molecule has 2 aliphatic carbocycles. The van der Waals surface area contributed by atoms with Crippen LogP contribution in [0.3, 0.4) is 0 Å². The average molecular weight is 866 g/mol. The molecule has 3 aliphatic heterocycles. The fourth-order valence-electron chi connectivity index (χ4n) is 10.3. The molecule has 0 aromatic heterocycles. The van der Waals surface area contributed by atoms with Gasteiger partial charge in [0.05, 0.1) is 31.5 Å². The Labute approximate surface area is 372 Å². The normalized spacial score (nSPS) is 27.1. The van der Waals surface area contributed by atoms with E-state index < -0.39 is 24.2 Å². The van der Waals surface area contributed by atoms with Gasteiger partial charge in [-0.1, -0.05) is 94.9 Å². The second kappa shape index (κ2) is 25.4. The smallest absolute Gasteiger partial charge is 0.409 e. The van der Waals surface area contributed by atoms with Gasteiger partial charge in [0.25, 0.3) is 0 Å². The molecule has 2 saturated heterocycles. The number of amides is 1. The molecule has 3 fully saturated rings. The van der Waals surface area contributed by atoms with Crippen molar-refractivity contribution in [1.82, 2.24) is 9.80 Å². The van der Waals surface area contributed by atoms with Gasteiger partial charge in [0.15, 0.2) is 0 Å². The zero-order valence-corrected chi connectivity index (χ0v) is 38.2. The number of benzene rings is 1. The second-order valence-corrected chi connectivity index (χ2v) is 18.3. The van der Waals surface area contributed by atoms with Crippen LogP contribution in [0.25, 0.3) is 0 Å². The Morgan fingerprint density at radius 3 is 2.40 bits per heavy atom. The van der Waals surface area contributed by atoms with Crippen molar-refractivity contribution in [2.24, 2.45) is 22.9 Å². The topological polar surface area (TPSA) is 132 Å². The maximum Gasteiger partial charge on any atom is 0.409 e. The van der Waals surface area contributed by atoms with Crippen LogP contribution < -0.4 is 9.47 Å². The highest BCUT2D eigenvalue weighted by molar-refractivity contribution is 6.02. The standard InChI is InChI=1S/C50H79N3O9/c1-4-6-7-8-9-10-11-12-13-19-33-59-49(56)52(3)45-37-43(51-62-46-23-16-20-32-58-46)41-35-38(21-14-17-29-54)40(22-15-18-30-55)47-42-36-39(57-34-28-53-26-27-53)24-25-44(42)61-50(45,48(41)47)60-31-5-2/h5,24-25,35-36,38,40,45-48,54-55H,2,4,6-23,26-34,37H2,1,3H3. The van der Waals surface area contributed by atoms with Gasteiger partial charge >= 0.3 is 6.09 Å². The fraction of sp³-hybridized carbons (Fsp3) is 0.760. The zero-order valence-electron chi connectivity index (χ0n) is 38.2. The summed E-state index contributed by atoms with van der Waals surface area (Å²) in [5.41, 5.74) is 2.81. The Hall–Kier alpha value is -3.16. The van der Waals surface area contributed by atoms with Crippen LogP contribution in [0.1, 0.15) is 147 Å². The summed E-state index contributed by atoms with van der Waals surface area (Å²) >= 11 is 0. The average Bonchev–Trinajstić information content (AvgIpc) is 4.12. The molecule has 1 aromatic carbocycles. The van der Waals surface area contributed by atoms with E-state index in [1.807, 2.05) is 12.1 Å². The summed E-state index contributed by atoms with van der Waals surface area (Å²) in [6.45, 7) is 11.5. The Bertz CT molecular complexity index is 1580. The van der Waals surface area contributed by atoms with Crippen molar-refractivity contribution in [3.8, 4) is 11.5 Å².